The Morgan fingerprint density at radius 1 is 1.11 bits per heavy atom. The smallest absolute Gasteiger partial charge is 0.360 e. The van der Waals surface area contributed by atoms with Crippen LogP contribution in [0.2, 0.25) is 0 Å². The molecule has 0 saturated heterocycles. The molecule has 1 N–H and O–H groups in total. The van der Waals surface area contributed by atoms with E-state index >= 15 is 0 Å². The van der Waals surface area contributed by atoms with Gasteiger partial charge in [0.1, 0.15) is 0 Å². The van der Waals surface area contributed by atoms with Crippen LogP contribution < -0.4 is 10.9 Å². The first-order valence-corrected chi connectivity index (χ1v) is 8.87. The van der Waals surface area contributed by atoms with Gasteiger partial charge in [0.05, 0.1) is 5.39 Å². The Labute approximate surface area is 161 Å². The predicted octanol–water partition coefficient (Wildman–Crippen LogP) is 2.10. The normalized spacial score (nSPS) is 11.8. The number of aryl methyl sites for hydroxylation is 2. The van der Waals surface area contributed by atoms with Gasteiger partial charge in [0.25, 0.3) is 11.5 Å². The van der Waals surface area contributed by atoms with E-state index < -0.39 is 18.0 Å². The third-order valence-electron chi connectivity index (χ3n) is 4.39. The number of hydrogen-bond acceptors (Lipinski definition) is 5. The van der Waals surface area contributed by atoms with Crippen LogP contribution in [0.3, 0.4) is 0 Å². The van der Waals surface area contributed by atoms with Crippen LogP contribution in [-0.4, -0.2) is 27.8 Å². The van der Waals surface area contributed by atoms with E-state index in [1.165, 1.54) is 14.0 Å². The number of carbonyl (C=O) groups is 2. The molecule has 2 aromatic carbocycles. The number of amides is 1. The fourth-order valence-corrected chi connectivity index (χ4v) is 2.76. The molecule has 7 heteroatoms. The summed E-state index contributed by atoms with van der Waals surface area (Å²) < 4.78 is 6.36. The van der Waals surface area contributed by atoms with E-state index in [1.54, 1.807) is 24.3 Å². The largest absolute Gasteiger partial charge is 0.448 e. The number of carbonyl (C=O) groups excluding carboxylic acids is 2. The van der Waals surface area contributed by atoms with Gasteiger partial charge in [0.2, 0.25) is 0 Å². The number of ether oxygens (including phenoxy) is 1. The number of nitrogens with zero attached hydrogens (tertiary/aromatic N) is 2. The molecule has 1 atom stereocenters. The van der Waals surface area contributed by atoms with Crippen molar-refractivity contribution in [1.82, 2.24) is 15.1 Å². The highest BCUT2D eigenvalue weighted by atomic mass is 16.5. The fraction of sp³-hybridized carbons (Fsp3) is 0.238. The maximum atomic E-state index is 12.6. The lowest BCUT2D eigenvalue weighted by molar-refractivity contribution is -0.129. The van der Waals surface area contributed by atoms with Crippen LogP contribution in [0.1, 0.15) is 28.5 Å². The molecule has 0 aliphatic rings. The summed E-state index contributed by atoms with van der Waals surface area (Å²) in [6, 6.07) is 14.4. The molecule has 28 heavy (non-hydrogen) atoms. The molecule has 0 bridgehead atoms. The molecule has 1 amide bonds. The van der Waals surface area contributed by atoms with E-state index in [-0.39, 0.29) is 11.3 Å². The van der Waals surface area contributed by atoms with E-state index in [9.17, 15) is 14.4 Å². The van der Waals surface area contributed by atoms with E-state index in [1.807, 2.05) is 31.2 Å². The monoisotopic (exact) mass is 379 g/mol. The molecule has 7 nitrogen and oxygen atoms in total. The fourth-order valence-electron chi connectivity index (χ4n) is 2.76. The molecule has 1 aromatic heterocycles. The summed E-state index contributed by atoms with van der Waals surface area (Å²) in [5, 5.41) is 7.51. The lowest BCUT2D eigenvalue weighted by Gasteiger charge is -2.14. The zero-order chi connectivity index (χ0) is 20.3. The number of esters is 1. The number of rotatable bonds is 5. The maximum Gasteiger partial charge on any atom is 0.360 e. The average Bonchev–Trinajstić information content (AvgIpc) is 2.69. The highest BCUT2D eigenvalue weighted by molar-refractivity contribution is 6.02. The lowest BCUT2D eigenvalue weighted by Crippen LogP contribution is -2.36. The van der Waals surface area contributed by atoms with Crippen molar-refractivity contribution >= 4 is 22.6 Å². The summed E-state index contributed by atoms with van der Waals surface area (Å²) in [4.78, 5) is 37.0. The average molecular weight is 379 g/mol. The van der Waals surface area contributed by atoms with Crippen molar-refractivity contribution in [3.63, 3.8) is 0 Å². The van der Waals surface area contributed by atoms with E-state index in [2.05, 4.69) is 10.4 Å². The zero-order valence-corrected chi connectivity index (χ0v) is 15.9. The third-order valence-corrected chi connectivity index (χ3v) is 4.39. The van der Waals surface area contributed by atoms with Crippen LogP contribution >= 0.6 is 0 Å². The van der Waals surface area contributed by atoms with Crippen molar-refractivity contribution in [3.05, 3.63) is 75.7 Å². The van der Waals surface area contributed by atoms with Crippen LogP contribution in [0.25, 0.3) is 10.8 Å². The molecule has 0 saturated carbocycles. The molecule has 1 heterocycles. The van der Waals surface area contributed by atoms with Crippen LogP contribution in [0.4, 0.5) is 0 Å². The summed E-state index contributed by atoms with van der Waals surface area (Å²) in [7, 11) is 1.46. The molecular formula is C21H21N3O4. The van der Waals surface area contributed by atoms with Gasteiger partial charge >= 0.3 is 5.97 Å². The van der Waals surface area contributed by atoms with Crippen LogP contribution in [0.15, 0.2) is 53.3 Å². The quantitative estimate of drug-likeness (QED) is 0.686. The van der Waals surface area contributed by atoms with Crippen molar-refractivity contribution in [2.24, 2.45) is 7.05 Å². The van der Waals surface area contributed by atoms with Crippen molar-refractivity contribution < 1.29 is 14.3 Å². The Hall–Kier alpha value is -3.48. The first-order valence-electron chi connectivity index (χ1n) is 8.87. The second-order valence-electron chi connectivity index (χ2n) is 6.57. The van der Waals surface area contributed by atoms with Gasteiger partial charge < -0.3 is 10.1 Å². The van der Waals surface area contributed by atoms with Gasteiger partial charge in [-0.15, -0.1) is 0 Å². The molecule has 0 aliphatic heterocycles. The minimum absolute atomic E-state index is 0.00381. The summed E-state index contributed by atoms with van der Waals surface area (Å²) in [6.07, 6.45) is -1.00. The van der Waals surface area contributed by atoms with E-state index in [0.29, 0.717) is 17.3 Å². The topological polar surface area (TPSA) is 90.3 Å². The number of aromatic nitrogens is 2. The molecule has 0 aliphatic carbocycles. The summed E-state index contributed by atoms with van der Waals surface area (Å²) in [5.74, 6) is -1.17. The molecule has 0 unspecified atom stereocenters. The van der Waals surface area contributed by atoms with Gasteiger partial charge in [-0.05, 0) is 25.5 Å². The van der Waals surface area contributed by atoms with Gasteiger partial charge in [-0.25, -0.2) is 9.48 Å². The van der Waals surface area contributed by atoms with Gasteiger partial charge in [-0.2, -0.15) is 5.10 Å². The second kappa shape index (κ2) is 8.04. The molecule has 0 fully saturated rings. The minimum atomic E-state index is -1.00. The Kier molecular flexibility index (Phi) is 5.54. The molecule has 0 spiro atoms. The lowest BCUT2D eigenvalue weighted by atomic mass is 10.1. The Morgan fingerprint density at radius 2 is 1.75 bits per heavy atom. The first-order chi connectivity index (χ1) is 13.4. The van der Waals surface area contributed by atoms with Crippen molar-refractivity contribution in [2.75, 3.05) is 0 Å². The van der Waals surface area contributed by atoms with Crippen LogP contribution in [0.5, 0.6) is 0 Å². The summed E-state index contributed by atoms with van der Waals surface area (Å²) in [5.41, 5.74) is 1.77. The number of nitrogens with one attached hydrogen (secondary N) is 1. The Bertz CT molecular complexity index is 1090. The van der Waals surface area contributed by atoms with E-state index in [0.717, 1.165) is 15.8 Å². The molecular weight excluding hydrogens is 358 g/mol. The third kappa shape index (κ3) is 4.09. The second-order valence-corrected chi connectivity index (χ2v) is 6.57. The van der Waals surface area contributed by atoms with Crippen LogP contribution in [-0.2, 0) is 23.1 Å². The highest BCUT2D eigenvalue weighted by Gasteiger charge is 2.22. The van der Waals surface area contributed by atoms with Gasteiger partial charge in [-0.1, -0.05) is 48.0 Å². The van der Waals surface area contributed by atoms with Crippen molar-refractivity contribution in [1.29, 1.82) is 0 Å². The summed E-state index contributed by atoms with van der Waals surface area (Å²) in [6.45, 7) is 3.82. The minimum Gasteiger partial charge on any atom is -0.448 e. The molecule has 144 valence electrons. The van der Waals surface area contributed by atoms with Gasteiger partial charge in [-0.3, -0.25) is 9.59 Å². The molecule has 3 aromatic rings. The number of benzene rings is 2. The Balaban J connectivity index is 1.71. The standard InChI is InChI=1S/C21H21N3O4/c1-13-8-10-15(11-9-13)12-22-19(25)14(2)28-21(27)18-16-6-4-5-7-17(16)20(26)24(3)23-18/h4-11,14H,12H2,1-3H3,(H,22,25)/t14-/m1/s1. The zero-order valence-electron chi connectivity index (χ0n) is 15.9. The summed E-state index contributed by atoms with van der Waals surface area (Å²) >= 11 is 0. The Morgan fingerprint density at radius 3 is 2.43 bits per heavy atom. The number of hydrogen-bond donors (Lipinski definition) is 1. The maximum absolute atomic E-state index is 12.6. The number of fused-ring (bicyclic) bond motifs is 1. The van der Waals surface area contributed by atoms with Gasteiger partial charge in [0.15, 0.2) is 11.8 Å². The SMILES string of the molecule is Cc1ccc(CNC(=O)[C@@H](C)OC(=O)c2nn(C)c(=O)c3ccccc23)cc1. The predicted molar refractivity (Wildman–Crippen MR) is 105 cm³/mol. The van der Waals surface area contributed by atoms with Gasteiger partial charge in [0, 0.05) is 19.0 Å². The first kappa shape index (κ1) is 19.3. The van der Waals surface area contributed by atoms with Crippen molar-refractivity contribution in [2.45, 2.75) is 26.5 Å². The molecule has 0 radical (unpaired) electrons. The van der Waals surface area contributed by atoms with Crippen molar-refractivity contribution in [3.8, 4) is 0 Å². The van der Waals surface area contributed by atoms with E-state index in [4.69, 9.17) is 4.74 Å². The van der Waals surface area contributed by atoms with Crippen LogP contribution in [0, 0.1) is 6.92 Å². The molecule has 3 rings (SSSR count). The highest BCUT2D eigenvalue weighted by Crippen LogP contribution is 2.14.